The van der Waals surface area contributed by atoms with E-state index in [0.29, 0.717) is 22.1 Å². The number of nitrogens with two attached hydrogens (primary N) is 1. The second-order valence-electron chi connectivity index (χ2n) is 4.00. The number of aryl methyl sites for hydroxylation is 1. The highest BCUT2D eigenvalue weighted by Gasteiger charge is 2.19. The topological polar surface area (TPSA) is 105 Å². The van der Waals surface area contributed by atoms with Crippen molar-refractivity contribution >= 4 is 28.3 Å². The van der Waals surface area contributed by atoms with Crippen LogP contribution in [0.3, 0.4) is 0 Å². The Hall–Kier alpha value is -1.63. The third-order valence-electron chi connectivity index (χ3n) is 2.51. The van der Waals surface area contributed by atoms with E-state index in [4.69, 9.17) is 10.8 Å². The molecular weight excluding hydrogens is 254 g/mol. The molecule has 1 atom stereocenters. The predicted molar refractivity (Wildman–Crippen MR) is 69.6 cm³/mol. The molecule has 0 radical (unpaired) electrons. The second-order valence-corrected chi connectivity index (χ2v) is 5.03. The molecule has 4 N–H and O–H groups in total. The van der Waals surface area contributed by atoms with Crippen LogP contribution in [0.15, 0.2) is 0 Å². The number of hydrogen-bond acceptors (Lipinski definition) is 5. The standard InChI is InChI=1S/C11H17N3O3S/c1-3-4-7(10(16)17)5-13-9(15)8-6(2)14-11(12)18-8/h7H,3-5H2,1-2H3,(H2,12,14)(H,13,15)(H,16,17). The number of amides is 1. The first-order chi connectivity index (χ1) is 8.45. The van der Waals surface area contributed by atoms with Gasteiger partial charge in [0.2, 0.25) is 0 Å². The largest absolute Gasteiger partial charge is 0.481 e. The molecule has 0 aliphatic carbocycles. The van der Waals surface area contributed by atoms with Gasteiger partial charge < -0.3 is 16.2 Å². The molecule has 1 aromatic rings. The van der Waals surface area contributed by atoms with Crippen molar-refractivity contribution in [3.63, 3.8) is 0 Å². The van der Waals surface area contributed by atoms with E-state index >= 15 is 0 Å². The summed E-state index contributed by atoms with van der Waals surface area (Å²) in [6.07, 6.45) is 1.30. The fourth-order valence-corrected chi connectivity index (χ4v) is 2.34. The Morgan fingerprint density at radius 1 is 1.56 bits per heavy atom. The number of carboxylic acid groups (broad SMARTS) is 1. The average Bonchev–Trinajstić information content (AvgIpc) is 2.63. The molecule has 0 spiro atoms. The molecular formula is C11H17N3O3S. The minimum atomic E-state index is -0.891. The Morgan fingerprint density at radius 2 is 2.22 bits per heavy atom. The van der Waals surface area contributed by atoms with Gasteiger partial charge in [0.25, 0.3) is 5.91 Å². The van der Waals surface area contributed by atoms with Crippen LogP contribution in [0, 0.1) is 12.8 Å². The molecule has 0 aliphatic rings. The van der Waals surface area contributed by atoms with Crippen molar-refractivity contribution in [1.29, 1.82) is 0 Å². The van der Waals surface area contributed by atoms with Gasteiger partial charge in [-0.3, -0.25) is 9.59 Å². The number of nitrogen functional groups attached to an aromatic ring is 1. The summed E-state index contributed by atoms with van der Waals surface area (Å²) in [5, 5.41) is 11.9. The number of nitrogens with one attached hydrogen (secondary N) is 1. The first kappa shape index (κ1) is 14.4. The number of nitrogens with zero attached hydrogens (tertiary/aromatic N) is 1. The molecule has 1 heterocycles. The number of rotatable bonds is 6. The summed E-state index contributed by atoms with van der Waals surface area (Å²) >= 11 is 1.10. The highest BCUT2D eigenvalue weighted by Crippen LogP contribution is 2.19. The zero-order valence-electron chi connectivity index (χ0n) is 10.4. The van der Waals surface area contributed by atoms with Crippen molar-refractivity contribution in [3.05, 3.63) is 10.6 Å². The van der Waals surface area contributed by atoms with Crippen molar-refractivity contribution in [2.24, 2.45) is 5.92 Å². The maximum absolute atomic E-state index is 11.8. The molecule has 1 unspecified atom stereocenters. The summed E-state index contributed by atoms with van der Waals surface area (Å²) < 4.78 is 0. The Labute approximate surface area is 109 Å². The van der Waals surface area contributed by atoms with Crippen LogP contribution in [0.2, 0.25) is 0 Å². The van der Waals surface area contributed by atoms with E-state index in [2.05, 4.69) is 10.3 Å². The molecule has 1 rings (SSSR count). The Morgan fingerprint density at radius 3 is 2.67 bits per heavy atom. The maximum atomic E-state index is 11.8. The Bertz CT molecular complexity index is 445. The molecule has 0 bridgehead atoms. The van der Waals surface area contributed by atoms with Crippen molar-refractivity contribution in [3.8, 4) is 0 Å². The maximum Gasteiger partial charge on any atom is 0.308 e. The van der Waals surface area contributed by atoms with Gasteiger partial charge in [0, 0.05) is 6.54 Å². The lowest BCUT2D eigenvalue weighted by Gasteiger charge is -2.11. The van der Waals surface area contributed by atoms with Crippen LogP contribution < -0.4 is 11.1 Å². The monoisotopic (exact) mass is 271 g/mol. The quantitative estimate of drug-likeness (QED) is 0.722. The van der Waals surface area contributed by atoms with Crippen molar-refractivity contribution in [1.82, 2.24) is 10.3 Å². The highest BCUT2D eigenvalue weighted by atomic mass is 32.1. The van der Waals surface area contributed by atoms with E-state index in [9.17, 15) is 9.59 Å². The number of anilines is 1. The second kappa shape index (κ2) is 6.34. The molecule has 18 heavy (non-hydrogen) atoms. The molecule has 0 saturated heterocycles. The van der Waals surface area contributed by atoms with Crippen molar-refractivity contribution in [2.45, 2.75) is 26.7 Å². The summed E-state index contributed by atoms with van der Waals surface area (Å²) in [6.45, 7) is 3.73. The van der Waals surface area contributed by atoms with Crippen molar-refractivity contribution in [2.75, 3.05) is 12.3 Å². The van der Waals surface area contributed by atoms with Gasteiger partial charge in [-0.25, -0.2) is 4.98 Å². The smallest absolute Gasteiger partial charge is 0.308 e. The van der Waals surface area contributed by atoms with Gasteiger partial charge in [0.05, 0.1) is 11.6 Å². The van der Waals surface area contributed by atoms with Gasteiger partial charge in [0.15, 0.2) is 5.13 Å². The van der Waals surface area contributed by atoms with Crippen LogP contribution in [-0.2, 0) is 4.79 Å². The zero-order chi connectivity index (χ0) is 13.7. The van der Waals surface area contributed by atoms with E-state index in [1.165, 1.54) is 0 Å². The molecule has 1 aromatic heterocycles. The molecule has 100 valence electrons. The number of thiazole rings is 1. The van der Waals surface area contributed by atoms with E-state index < -0.39 is 11.9 Å². The normalized spacial score (nSPS) is 12.1. The molecule has 7 heteroatoms. The van der Waals surface area contributed by atoms with Crippen LogP contribution in [-0.4, -0.2) is 28.5 Å². The number of carboxylic acids is 1. The summed E-state index contributed by atoms with van der Waals surface area (Å²) in [4.78, 5) is 27.1. The molecule has 0 saturated carbocycles. The van der Waals surface area contributed by atoms with Crippen LogP contribution in [0.1, 0.15) is 35.1 Å². The van der Waals surface area contributed by atoms with Gasteiger partial charge in [-0.05, 0) is 13.3 Å². The third kappa shape index (κ3) is 3.69. The SMILES string of the molecule is CCCC(CNC(=O)c1sc(N)nc1C)C(=O)O. The Balaban J connectivity index is 2.60. The van der Waals surface area contributed by atoms with E-state index in [-0.39, 0.29) is 12.5 Å². The van der Waals surface area contributed by atoms with Crippen LogP contribution >= 0.6 is 11.3 Å². The van der Waals surface area contributed by atoms with E-state index in [1.807, 2.05) is 6.92 Å². The highest BCUT2D eigenvalue weighted by molar-refractivity contribution is 7.17. The summed E-state index contributed by atoms with van der Waals surface area (Å²) in [5.74, 6) is -1.76. The number of aromatic nitrogens is 1. The number of carbonyl (C=O) groups is 2. The van der Waals surface area contributed by atoms with Gasteiger partial charge in [-0.15, -0.1) is 0 Å². The van der Waals surface area contributed by atoms with Gasteiger partial charge in [0.1, 0.15) is 4.88 Å². The molecule has 0 fully saturated rings. The molecule has 6 nitrogen and oxygen atoms in total. The van der Waals surface area contributed by atoms with Crippen LogP contribution in [0.5, 0.6) is 0 Å². The van der Waals surface area contributed by atoms with E-state index in [0.717, 1.165) is 17.8 Å². The van der Waals surface area contributed by atoms with Gasteiger partial charge in [-0.1, -0.05) is 24.7 Å². The Kier molecular flexibility index (Phi) is 5.08. The first-order valence-electron chi connectivity index (χ1n) is 5.69. The minimum absolute atomic E-state index is 0.124. The predicted octanol–water partition coefficient (Wildman–Crippen LogP) is 1.26. The van der Waals surface area contributed by atoms with Gasteiger partial charge >= 0.3 is 5.97 Å². The van der Waals surface area contributed by atoms with Crippen molar-refractivity contribution < 1.29 is 14.7 Å². The number of hydrogen-bond donors (Lipinski definition) is 3. The number of aliphatic carboxylic acids is 1. The summed E-state index contributed by atoms with van der Waals surface area (Å²) in [7, 11) is 0. The molecule has 0 aliphatic heterocycles. The average molecular weight is 271 g/mol. The van der Waals surface area contributed by atoms with Crippen LogP contribution in [0.25, 0.3) is 0 Å². The fourth-order valence-electron chi connectivity index (χ4n) is 1.59. The molecule has 0 aromatic carbocycles. The zero-order valence-corrected chi connectivity index (χ0v) is 11.2. The first-order valence-corrected chi connectivity index (χ1v) is 6.51. The van der Waals surface area contributed by atoms with Crippen LogP contribution in [0.4, 0.5) is 5.13 Å². The number of carbonyl (C=O) groups excluding carboxylic acids is 1. The van der Waals surface area contributed by atoms with E-state index in [1.54, 1.807) is 6.92 Å². The van der Waals surface area contributed by atoms with Gasteiger partial charge in [-0.2, -0.15) is 0 Å². The fraction of sp³-hybridized carbons (Fsp3) is 0.545. The lowest BCUT2D eigenvalue weighted by Crippen LogP contribution is -2.32. The minimum Gasteiger partial charge on any atom is -0.481 e. The summed E-state index contributed by atoms with van der Waals surface area (Å²) in [5.41, 5.74) is 6.07. The lowest BCUT2D eigenvalue weighted by atomic mass is 10.0. The molecule has 1 amide bonds. The third-order valence-corrected chi connectivity index (χ3v) is 3.50. The summed E-state index contributed by atoms with van der Waals surface area (Å²) in [6, 6.07) is 0. The lowest BCUT2D eigenvalue weighted by molar-refractivity contribution is -0.141.